The van der Waals surface area contributed by atoms with Crippen LogP contribution in [0.2, 0.25) is 0 Å². The molecule has 0 amide bonds. The topological polar surface area (TPSA) is 44.9 Å². The first-order valence-electron chi connectivity index (χ1n) is 17.4. The Hall–Kier alpha value is -7.22. The number of rotatable bonds is 6. The zero-order chi connectivity index (χ0) is 34.6. The smallest absolute Gasteiger partial charge is 0.0991 e. The number of benzene rings is 8. The van der Waals surface area contributed by atoms with E-state index in [1.807, 2.05) is 36.5 Å². The van der Waals surface area contributed by atoms with Gasteiger partial charge in [0, 0.05) is 50.7 Å². The maximum Gasteiger partial charge on any atom is 0.0991 e. The second-order valence-electron chi connectivity index (χ2n) is 13.1. The molecule has 10 aromatic rings. The molecule has 4 heteroatoms. The molecule has 52 heavy (non-hydrogen) atoms. The van der Waals surface area contributed by atoms with Gasteiger partial charge >= 0.3 is 0 Å². The van der Waals surface area contributed by atoms with Gasteiger partial charge in [0.05, 0.1) is 28.2 Å². The van der Waals surface area contributed by atoms with Crippen molar-refractivity contribution < 1.29 is 0 Å². The van der Waals surface area contributed by atoms with Crippen LogP contribution in [0.4, 0.5) is 17.1 Å². The molecule has 0 fully saturated rings. The van der Waals surface area contributed by atoms with E-state index < -0.39 is 0 Å². The van der Waals surface area contributed by atoms with Gasteiger partial charge < -0.3 is 9.47 Å². The van der Waals surface area contributed by atoms with Crippen molar-refractivity contribution >= 4 is 60.5 Å². The van der Waals surface area contributed by atoms with Crippen LogP contribution < -0.4 is 4.90 Å². The summed E-state index contributed by atoms with van der Waals surface area (Å²) in [4.78, 5) is 6.92. The number of hydrogen-bond acceptors (Lipinski definition) is 3. The molecular formula is C48H30N4. The summed E-state index contributed by atoms with van der Waals surface area (Å²) in [6.07, 6.45) is 1.85. The number of nitriles is 1. The van der Waals surface area contributed by atoms with Crippen molar-refractivity contribution in [1.29, 1.82) is 5.26 Å². The third-order valence-electron chi connectivity index (χ3n) is 10.2. The first kappa shape index (κ1) is 29.7. The summed E-state index contributed by atoms with van der Waals surface area (Å²) in [6, 6.07) is 64.2. The van der Waals surface area contributed by atoms with Crippen LogP contribution in [0, 0.1) is 11.3 Å². The van der Waals surface area contributed by atoms with E-state index in [1.54, 1.807) is 0 Å². The van der Waals surface area contributed by atoms with Crippen LogP contribution in [0.15, 0.2) is 182 Å². The molecule has 8 aromatic carbocycles. The van der Waals surface area contributed by atoms with Crippen LogP contribution >= 0.6 is 0 Å². The Morgan fingerprint density at radius 2 is 1.12 bits per heavy atom. The summed E-state index contributed by atoms with van der Waals surface area (Å²) < 4.78 is 2.38. The number of fused-ring (bicyclic) bond motifs is 1. The van der Waals surface area contributed by atoms with Gasteiger partial charge in [-0.05, 0) is 106 Å². The van der Waals surface area contributed by atoms with Gasteiger partial charge in [-0.2, -0.15) is 5.26 Å². The predicted molar refractivity (Wildman–Crippen MR) is 215 cm³/mol. The molecule has 0 N–H and O–H groups in total. The van der Waals surface area contributed by atoms with E-state index in [9.17, 15) is 5.26 Å². The molecule has 0 saturated heterocycles. The molecule has 10 rings (SSSR count). The zero-order valence-electron chi connectivity index (χ0n) is 28.1. The van der Waals surface area contributed by atoms with E-state index in [4.69, 9.17) is 0 Å². The number of nitrogens with zero attached hydrogens (tertiary/aromatic N) is 4. The monoisotopic (exact) mass is 662 g/mol. The van der Waals surface area contributed by atoms with E-state index in [2.05, 4.69) is 166 Å². The average molecular weight is 663 g/mol. The first-order valence-corrected chi connectivity index (χ1v) is 17.4. The molecule has 2 aromatic heterocycles. The third kappa shape index (κ3) is 4.72. The van der Waals surface area contributed by atoms with E-state index in [-0.39, 0.29) is 0 Å². The summed E-state index contributed by atoms with van der Waals surface area (Å²) in [5.74, 6) is 0. The fourth-order valence-electron chi connectivity index (χ4n) is 7.84. The number of hydrogen-bond donors (Lipinski definition) is 0. The lowest BCUT2D eigenvalue weighted by Crippen LogP contribution is -2.09. The Morgan fingerprint density at radius 3 is 1.85 bits per heavy atom. The number of aromatic nitrogens is 2. The number of para-hydroxylation sites is 2. The van der Waals surface area contributed by atoms with Crippen LogP contribution in [-0.2, 0) is 0 Å². The molecule has 4 nitrogen and oxygen atoms in total. The van der Waals surface area contributed by atoms with Gasteiger partial charge in [-0.15, -0.1) is 0 Å². The van der Waals surface area contributed by atoms with Gasteiger partial charge in [0.2, 0.25) is 0 Å². The summed E-state index contributed by atoms with van der Waals surface area (Å²) in [7, 11) is 0. The number of pyridine rings is 1. The highest BCUT2D eigenvalue weighted by Gasteiger charge is 2.19. The fraction of sp³-hybridized carbons (Fsp3) is 0. The van der Waals surface area contributed by atoms with Gasteiger partial charge in [0.1, 0.15) is 0 Å². The Labute approximate surface area is 301 Å². The van der Waals surface area contributed by atoms with E-state index >= 15 is 0 Å². The van der Waals surface area contributed by atoms with Gasteiger partial charge in [-0.25, -0.2) is 0 Å². The fourth-order valence-corrected chi connectivity index (χ4v) is 7.84. The predicted octanol–water partition coefficient (Wildman–Crippen LogP) is 12.6. The van der Waals surface area contributed by atoms with Crippen LogP contribution in [0.1, 0.15) is 5.56 Å². The largest absolute Gasteiger partial charge is 0.311 e. The SMILES string of the molecule is N#Cc1ccc(N(c2ccc(-c3ccc4c5c3ccc3cccc(c35)n4-c3ccccc3)cc2)c2ccc(-c3cccc4cccnc34)cc2)cc1. The molecule has 0 radical (unpaired) electrons. The van der Waals surface area contributed by atoms with Gasteiger partial charge in [-0.3, -0.25) is 4.98 Å². The summed E-state index contributed by atoms with van der Waals surface area (Å²) >= 11 is 0. The summed E-state index contributed by atoms with van der Waals surface area (Å²) in [6.45, 7) is 0. The summed E-state index contributed by atoms with van der Waals surface area (Å²) in [5.41, 5.74) is 12.8. The van der Waals surface area contributed by atoms with Crippen LogP contribution in [-0.4, -0.2) is 9.55 Å². The molecule has 0 aliphatic heterocycles. The lowest BCUT2D eigenvalue weighted by molar-refractivity contribution is 1.18. The van der Waals surface area contributed by atoms with Crippen molar-refractivity contribution in [3.8, 4) is 34.0 Å². The number of anilines is 3. The lowest BCUT2D eigenvalue weighted by Gasteiger charge is -2.26. The summed E-state index contributed by atoms with van der Waals surface area (Å²) in [5, 5.41) is 15.7. The Balaban J connectivity index is 1.07. The second kappa shape index (κ2) is 12.0. The molecule has 242 valence electrons. The highest BCUT2D eigenvalue weighted by atomic mass is 15.1. The zero-order valence-corrected chi connectivity index (χ0v) is 28.1. The Kier molecular flexibility index (Phi) is 6.84. The molecule has 0 aliphatic carbocycles. The van der Waals surface area contributed by atoms with Crippen LogP contribution in [0.3, 0.4) is 0 Å². The second-order valence-corrected chi connectivity index (χ2v) is 13.1. The van der Waals surface area contributed by atoms with Crippen molar-refractivity contribution in [1.82, 2.24) is 9.55 Å². The quantitative estimate of drug-likeness (QED) is 0.166. The third-order valence-corrected chi connectivity index (χ3v) is 10.2. The molecule has 0 atom stereocenters. The van der Waals surface area contributed by atoms with Crippen molar-refractivity contribution in [2.75, 3.05) is 4.90 Å². The molecule has 0 aliphatic rings. The standard InChI is InChI=1S/C48H30N4/c49-31-32-14-21-38(22-15-32)51(40-25-18-34(19-26-40)42-12-4-8-36-9-6-30-50-48(36)42)39-23-16-33(17-24-39)41-28-29-45-47-43(41)27-20-35-7-5-13-44(46(35)47)52(45)37-10-2-1-3-11-37/h1-30H. The highest BCUT2D eigenvalue weighted by molar-refractivity contribution is 6.26. The molecule has 2 heterocycles. The lowest BCUT2D eigenvalue weighted by atomic mass is 9.94. The van der Waals surface area contributed by atoms with Crippen molar-refractivity contribution in [2.45, 2.75) is 0 Å². The van der Waals surface area contributed by atoms with Crippen LogP contribution in [0.25, 0.3) is 71.4 Å². The van der Waals surface area contributed by atoms with Crippen molar-refractivity contribution in [2.24, 2.45) is 0 Å². The minimum absolute atomic E-state index is 0.632. The molecule has 0 spiro atoms. The van der Waals surface area contributed by atoms with Crippen LogP contribution in [0.5, 0.6) is 0 Å². The van der Waals surface area contributed by atoms with E-state index in [1.165, 1.54) is 38.1 Å². The van der Waals surface area contributed by atoms with Crippen molar-refractivity contribution in [3.05, 3.63) is 188 Å². The van der Waals surface area contributed by atoms with Gasteiger partial charge in [0.15, 0.2) is 0 Å². The Morgan fingerprint density at radius 1 is 0.481 bits per heavy atom. The molecule has 0 unspecified atom stereocenters. The minimum atomic E-state index is 0.632. The van der Waals surface area contributed by atoms with Gasteiger partial charge in [-0.1, -0.05) is 97.1 Å². The molecule has 0 bridgehead atoms. The van der Waals surface area contributed by atoms with Gasteiger partial charge in [0.25, 0.3) is 0 Å². The van der Waals surface area contributed by atoms with Crippen molar-refractivity contribution in [3.63, 3.8) is 0 Å². The molecular weight excluding hydrogens is 633 g/mol. The molecule has 0 saturated carbocycles. The normalized spacial score (nSPS) is 11.4. The maximum absolute atomic E-state index is 9.51. The minimum Gasteiger partial charge on any atom is -0.311 e. The maximum atomic E-state index is 9.51. The first-order chi connectivity index (χ1) is 25.7. The van der Waals surface area contributed by atoms with E-state index in [0.29, 0.717) is 5.56 Å². The highest BCUT2D eigenvalue weighted by Crippen LogP contribution is 2.43. The average Bonchev–Trinajstić information content (AvgIpc) is 3.56. The van der Waals surface area contributed by atoms with E-state index in [0.717, 1.165) is 50.3 Å². The Bertz CT molecular complexity index is 2930.